The first-order chi connectivity index (χ1) is 10.4. The van der Waals surface area contributed by atoms with Crippen molar-refractivity contribution in [1.82, 2.24) is 9.21 Å². The fourth-order valence-electron chi connectivity index (χ4n) is 4.04. The van der Waals surface area contributed by atoms with Gasteiger partial charge in [-0.05, 0) is 64.3 Å². The number of aryl methyl sites for hydroxylation is 3. The molecule has 0 spiro atoms. The lowest BCUT2D eigenvalue weighted by Crippen LogP contribution is -2.37. The van der Waals surface area contributed by atoms with Crippen LogP contribution in [0.1, 0.15) is 36.0 Å². The smallest absolute Gasteiger partial charge is 0.243 e. The van der Waals surface area contributed by atoms with Crippen molar-refractivity contribution in [3.05, 3.63) is 28.8 Å². The third-order valence-electron chi connectivity index (χ3n) is 4.99. The molecule has 1 aromatic carbocycles. The lowest BCUT2D eigenvalue weighted by atomic mass is 10.1. The molecule has 1 aromatic rings. The van der Waals surface area contributed by atoms with Crippen LogP contribution in [0.15, 0.2) is 17.0 Å². The summed E-state index contributed by atoms with van der Waals surface area (Å²) >= 11 is 0. The van der Waals surface area contributed by atoms with Crippen LogP contribution in [0.4, 0.5) is 0 Å². The van der Waals surface area contributed by atoms with Crippen LogP contribution < -0.4 is 0 Å². The fraction of sp³-hybridized carbons (Fsp3) is 0.647. The number of sulfonamides is 1. The second-order valence-corrected chi connectivity index (χ2v) is 8.65. The van der Waals surface area contributed by atoms with Crippen molar-refractivity contribution >= 4 is 10.0 Å². The summed E-state index contributed by atoms with van der Waals surface area (Å²) in [6.07, 6.45) is 3.46. The van der Waals surface area contributed by atoms with Gasteiger partial charge in [-0.2, -0.15) is 4.31 Å². The Kier molecular flexibility index (Phi) is 4.32. The van der Waals surface area contributed by atoms with Gasteiger partial charge in [0, 0.05) is 19.1 Å². The standard InChI is InChI=1S/C17H26N2O2S/c1-13-10-14(2)17(15(3)11-13)22(20,21)19-9-6-16(12-19)18-7-4-5-8-18/h10-11,16H,4-9,12H2,1-3H3. The van der Waals surface area contributed by atoms with E-state index in [4.69, 9.17) is 0 Å². The Balaban J connectivity index is 1.85. The van der Waals surface area contributed by atoms with E-state index in [1.54, 1.807) is 4.31 Å². The molecule has 0 radical (unpaired) electrons. The molecule has 0 bridgehead atoms. The molecule has 1 unspecified atom stereocenters. The normalized spacial score (nSPS) is 24.2. The van der Waals surface area contributed by atoms with E-state index >= 15 is 0 Å². The van der Waals surface area contributed by atoms with Crippen LogP contribution in [0.2, 0.25) is 0 Å². The number of likely N-dealkylation sites (tertiary alicyclic amines) is 1. The Morgan fingerprint density at radius 2 is 1.59 bits per heavy atom. The molecule has 3 rings (SSSR count). The molecular weight excluding hydrogens is 296 g/mol. The zero-order valence-electron chi connectivity index (χ0n) is 13.8. The quantitative estimate of drug-likeness (QED) is 0.858. The summed E-state index contributed by atoms with van der Waals surface area (Å²) in [6, 6.07) is 4.34. The van der Waals surface area contributed by atoms with Crippen molar-refractivity contribution in [1.29, 1.82) is 0 Å². The maximum absolute atomic E-state index is 13.1. The van der Waals surface area contributed by atoms with E-state index in [1.807, 2.05) is 32.9 Å². The number of nitrogens with zero attached hydrogens (tertiary/aromatic N) is 2. The van der Waals surface area contributed by atoms with Crippen molar-refractivity contribution in [3.63, 3.8) is 0 Å². The third-order valence-corrected chi connectivity index (χ3v) is 7.16. The summed E-state index contributed by atoms with van der Waals surface area (Å²) in [5, 5.41) is 0. The molecule has 0 N–H and O–H groups in total. The highest BCUT2D eigenvalue weighted by atomic mass is 32.2. The first-order valence-corrected chi connectivity index (χ1v) is 9.65. The predicted molar refractivity (Wildman–Crippen MR) is 88.6 cm³/mol. The number of hydrogen-bond acceptors (Lipinski definition) is 3. The summed E-state index contributed by atoms with van der Waals surface area (Å²) in [4.78, 5) is 2.98. The Morgan fingerprint density at radius 3 is 2.18 bits per heavy atom. The molecule has 2 heterocycles. The zero-order valence-corrected chi connectivity index (χ0v) is 14.6. The first kappa shape index (κ1) is 16.0. The molecule has 1 atom stereocenters. The molecule has 2 aliphatic rings. The largest absolute Gasteiger partial charge is 0.299 e. The van der Waals surface area contributed by atoms with Crippen molar-refractivity contribution < 1.29 is 8.42 Å². The Hall–Kier alpha value is -0.910. The first-order valence-electron chi connectivity index (χ1n) is 8.21. The molecule has 0 saturated carbocycles. The van der Waals surface area contributed by atoms with Gasteiger partial charge in [0.05, 0.1) is 4.90 Å². The molecule has 122 valence electrons. The molecular formula is C17H26N2O2S. The van der Waals surface area contributed by atoms with Crippen molar-refractivity contribution in [2.24, 2.45) is 0 Å². The van der Waals surface area contributed by atoms with Gasteiger partial charge in [0.15, 0.2) is 0 Å². The molecule has 2 aliphatic heterocycles. The van der Waals surface area contributed by atoms with Gasteiger partial charge in [0.1, 0.15) is 0 Å². The van der Waals surface area contributed by atoms with E-state index in [9.17, 15) is 8.42 Å². The van der Waals surface area contributed by atoms with E-state index in [1.165, 1.54) is 12.8 Å². The molecule has 22 heavy (non-hydrogen) atoms. The Morgan fingerprint density at radius 1 is 1.00 bits per heavy atom. The van der Waals surface area contributed by atoms with Crippen LogP contribution >= 0.6 is 0 Å². The lowest BCUT2D eigenvalue weighted by Gasteiger charge is -2.24. The van der Waals surface area contributed by atoms with Crippen LogP contribution in [0.3, 0.4) is 0 Å². The van der Waals surface area contributed by atoms with E-state index in [-0.39, 0.29) is 0 Å². The van der Waals surface area contributed by atoms with Gasteiger partial charge in [-0.1, -0.05) is 17.7 Å². The lowest BCUT2D eigenvalue weighted by molar-refractivity contribution is 0.251. The minimum atomic E-state index is -3.37. The van der Waals surface area contributed by atoms with Crippen molar-refractivity contribution in [2.45, 2.75) is 51.0 Å². The van der Waals surface area contributed by atoms with Gasteiger partial charge < -0.3 is 0 Å². The van der Waals surface area contributed by atoms with Gasteiger partial charge in [-0.15, -0.1) is 0 Å². The molecule has 4 nitrogen and oxygen atoms in total. The van der Waals surface area contributed by atoms with Crippen molar-refractivity contribution in [3.8, 4) is 0 Å². The number of hydrogen-bond donors (Lipinski definition) is 0. The fourth-order valence-corrected chi connectivity index (χ4v) is 5.94. The number of rotatable bonds is 3. The zero-order chi connectivity index (χ0) is 15.9. The van der Waals surface area contributed by atoms with Gasteiger partial charge in [0.2, 0.25) is 10.0 Å². The molecule has 5 heteroatoms. The molecule has 2 saturated heterocycles. The van der Waals surface area contributed by atoms with Gasteiger partial charge >= 0.3 is 0 Å². The topological polar surface area (TPSA) is 40.6 Å². The van der Waals surface area contributed by atoms with Crippen LogP contribution in [0.5, 0.6) is 0 Å². The molecule has 2 fully saturated rings. The summed E-state index contributed by atoms with van der Waals surface area (Å²) in [5.74, 6) is 0. The van der Waals surface area contributed by atoms with Gasteiger partial charge in [0.25, 0.3) is 0 Å². The maximum atomic E-state index is 13.1. The van der Waals surface area contributed by atoms with E-state index in [0.29, 0.717) is 24.0 Å². The Labute approximate surface area is 134 Å². The molecule has 0 amide bonds. The molecule has 0 aromatic heterocycles. The Bertz CT molecular complexity index is 640. The summed E-state index contributed by atoms with van der Waals surface area (Å²) in [7, 11) is -3.37. The monoisotopic (exact) mass is 322 g/mol. The van der Waals surface area contributed by atoms with E-state index in [2.05, 4.69) is 4.90 Å². The highest BCUT2D eigenvalue weighted by Crippen LogP contribution is 2.29. The van der Waals surface area contributed by atoms with Crippen LogP contribution in [-0.2, 0) is 10.0 Å². The second-order valence-electron chi connectivity index (χ2n) is 6.78. The minimum absolute atomic E-state index is 0.406. The summed E-state index contributed by atoms with van der Waals surface area (Å²) in [5.41, 5.74) is 2.84. The summed E-state index contributed by atoms with van der Waals surface area (Å²) in [6.45, 7) is 9.37. The minimum Gasteiger partial charge on any atom is -0.299 e. The van der Waals surface area contributed by atoms with Gasteiger partial charge in [-0.25, -0.2) is 8.42 Å². The SMILES string of the molecule is Cc1cc(C)c(S(=O)(=O)N2CCC(N3CCCC3)C2)c(C)c1. The van der Waals surface area contributed by atoms with Crippen LogP contribution in [-0.4, -0.2) is 49.8 Å². The summed E-state index contributed by atoms with van der Waals surface area (Å²) < 4.78 is 27.8. The third kappa shape index (κ3) is 2.82. The predicted octanol–water partition coefficient (Wildman–Crippen LogP) is 2.47. The van der Waals surface area contributed by atoms with Crippen LogP contribution in [0, 0.1) is 20.8 Å². The van der Waals surface area contributed by atoms with E-state index < -0.39 is 10.0 Å². The highest BCUT2D eigenvalue weighted by molar-refractivity contribution is 7.89. The number of benzene rings is 1. The highest BCUT2D eigenvalue weighted by Gasteiger charge is 2.37. The second kappa shape index (κ2) is 5.95. The molecule has 0 aliphatic carbocycles. The van der Waals surface area contributed by atoms with Crippen molar-refractivity contribution in [2.75, 3.05) is 26.2 Å². The van der Waals surface area contributed by atoms with Gasteiger partial charge in [-0.3, -0.25) is 4.90 Å². The average molecular weight is 322 g/mol. The van der Waals surface area contributed by atoms with Crippen LogP contribution in [0.25, 0.3) is 0 Å². The van der Waals surface area contributed by atoms with E-state index in [0.717, 1.165) is 36.2 Å². The maximum Gasteiger partial charge on any atom is 0.243 e. The average Bonchev–Trinajstić information content (AvgIpc) is 3.08.